The number of H-pyrrole nitrogens is 1. The number of nitrogens with one attached hydrogen (secondary N) is 4. The van der Waals surface area contributed by atoms with E-state index < -0.39 is 0 Å². The van der Waals surface area contributed by atoms with Crippen LogP contribution in [0.4, 0.5) is 5.69 Å². The number of allylic oxidation sites excluding steroid dienone is 1. The first kappa shape index (κ1) is 17.7. The molecule has 0 saturated carbocycles. The summed E-state index contributed by atoms with van der Waals surface area (Å²) in [5.74, 6) is 0.721. The molecule has 0 amide bonds. The zero-order valence-electron chi connectivity index (χ0n) is 15.3. The van der Waals surface area contributed by atoms with Gasteiger partial charge in [-0.2, -0.15) is 0 Å². The molecule has 0 fully saturated rings. The Morgan fingerprint density at radius 1 is 1.19 bits per heavy atom. The number of hydrazine groups is 1. The van der Waals surface area contributed by atoms with E-state index in [0.717, 1.165) is 40.3 Å². The van der Waals surface area contributed by atoms with Crippen LogP contribution in [0.2, 0.25) is 0 Å². The predicted molar refractivity (Wildman–Crippen MR) is 110 cm³/mol. The number of aliphatic imine (C=N–C) groups is 2. The SMILES string of the molecule is C/C=C\N=C(Nc1ccc2[nH]ccc2c1)C(C)=N/C=C(\C)C1=CNNC1. The summed E-state index contributed by atoms with van der Waals surface area (Å²) in [6, 6.07) is 8.22. The second-order valence-corrected chi connectivity index (χ2v) is 6.06. The second-order valence-electron chi connectivity index (χ2n) is 6.06. The van der Waals surface area contributed by atoms with Crippen LogP contribution in [0.25, 0.3) is 10.9 Å². The summed E-state index contributed by atoms with van der Waals surface area (Å²) in [6.45, 7) is 6.74. The lowest BCUT2D eigenvalue weighted by Crippen LogP contribution is -2.20. The summed E-state index contributed by atoms with van der Waals surface area (Å²) in [6.07, 6.45) is 9.42. The van der Waals surface area contributed by atoms with Crippen molar-refractivity contribution in [2.45, 2.75) is 20.8 Å². The molecule has 2 heterocycles. The van der Waals surface area contributed by atoms with Crippen molar-refractivity contribution in [1.29, 1.82) is 0 Å². The van der Waals surface area contributed by atoms with E-state index in [-0.39, 0.29) is 0 Å². The second kappa shape index (κ2) is 8.31. The van der Waals surface area contributed by atoms with Crippen LogP contribution in [-0.2, 0) is 0 Å². The average Bonchev–Trinajstić information content (AvgIpc) is 3.34. The minimum absolute atomic E-state index is 0.721. The smallest absolute Gasteiger partial charge is 0.151 e. The van der Waals surface area contributed by atoms with E-state index in [1.54, 1.807) is 6.20 Å². The van der Waals surface area contributed by atoms with Gasteiger partial charge in [-0.1, -0.05) is 6.08 Å². The summed E-state index contributed by atoms with van der Waals surface area (Å²) in [7, 11) is 0. The van der Waals surface area contributed by atoms with E-state index >= 15 is 0 Å². The number of benzene rings is 1. The lowest BCUT2D eigenvalue weighted by Gasteiger charge is -2.09. The normalized spacial score (nSPS) is 16.3. The van der Waals surface area contributed by atoms with Gasteiger partial charge in [-0.25, -0.2) is 10.4 Å². The van der Waals surface area contributed by atoms with Crippen molar-refractivity contribution in [2.24, 2.45) is 9.98 Å². The van der Waals surface area contributed by atoms with Crippen LogP contribution >= 0.6 is 0 Å². The quantitative estimate of drug-likeness (QED) is 0.489. The van der Waals surface area contributed by atoms with E-state index in [9.17, 15) is 0 Å². The van der Waals surface area contributed by atoms with Crippen molar-refractivity contribution in [1.82, 2.24) is 15.8 Å². The van der Waals surface area contributed by atoms with Gasteiger partial charge in [0.2, 0.25) is 0 Å². The number of hydrogen-bond donors (Lipinski definition) is 4. The van der Waals surface area contributed by atoms with E-state index in [2.05, 4.69) is 37.2 Å². The Labute approximate surface area is 153 Å². The summed E-state index contributed by atoms with van der Waals surface area (Å²) >= 11 is 0. The number of amidine groups is 1. The predicted octanol–water partition coefficient (Wildman–Crippen LogP) is 3.87. The molecule has 6 nitrogen and oxygen atoms in total. The highest BCUT2D eigenvalue weighted by molar-refractivity contribution is 6.45. The van der Waals surface area contributed by atoms with Crippen LogP contribution in [-0.4, -0.2) is 23.1 Å². The largest absolute Gasteiger partial charge is 0.361 e. The maximum atomic E-state index is 4.60. The van der Waals surface area contributed by atoms with Gasteiger partial charge in [0.25, 0.3) is 0 Å². The van der Waals surface area contributed by atoms with Crippen molar-refractivity contribution in [3.05, 3.63) is 66.3 Å². The molecule has 0 spiro atoms. The molecule has 26 heavy (non-hydrogen) atoms. The standard InChI is InChI=1S/C20H24N6/c1-4-8-22-20(15(3)23-11-14(2)17-12-24-25-13-17)26-18-5-6-19-16(10-18)7-9-21-19/h4-12,21,24-25H,13H2,1-3H3,(H,22,26)/b8-4-,14-11+,23-15?. The molecule has 134 valence electrons. The first-order valence-electron chi connectivity index (χ1n) is 8.60. The van der Waals surface area contributed by atoms with Crippen molar-refractivity contribution in [2.75, 3.05) is 11.9 Å². The van der Waals surface area contributed by atoms with Crippen LogP contribution in [0.15, 0.2) is 76.3 Å². The monoisotopic (exact) mass is 348 g/mol. The molecule has 0 bridgehead atoms. The zero-order valence-corrected chi connectivity index (χ0v) is 15.3. The molecular weight excluding hydrogens is 324 g/mol. The molecule has 6 heteroatoms. The minimum Gasteiger partial charge on any atom is -0.361 e. The lowest BCUT2D eigenvalue weighted by molar-refractivity contribution is 0.723. The first-order chi connectivity index (χ1) is 12.7. The molecule has 0 aliphatic carbocycles. The molecule has 1 aromatic carbocycles. The van der Waals surface area contributed by atoms with Crippen LogP contribution < -0.4 is 16.2 Å². The fraction of sp³-hybridized carbons (Fsp3) is 0.200. The number of rotatable bonds is 5. The molecule has 4 N–H and O–H groups in total. The first-order valence-corrected chi connectivity index (χ1v) is 8.60. The Hall–Kier alpha value is -3.12. The van der Waals surface area contributed by atoms with Gasteiger partial charge in [-0.15, -0.1) is 0 Å². The van der Waals surface area contributed by atoms with E-state index in [4.69, 9.17) is 0 Å². The highest BCUT2D eigenvalue weighted by Crippen LogP contribution is 2.18. The van der Waals surface area contributed by atoms with Crippen LogP contribution in [0.3, 0.4) is 0 Å². The van der Waals surface area contributed by atoms with Crippen molar-refractivity contribution in [3.63, 3.8) is 0 Å². The van der Waals surface area contributed by atoms with Crippen LogP contribution in [0.5, 0.6) is 0 Å². The summed E-state index contributed by atoms with van der Waals surface area (Å²) in [4.78, 5) is 12.3. The average molecular weight is 348 g/mol. The van der Waals surface area contributed by atoms with Gasteiger partial charge in [-0.3, -0.25) is 4.99 Å². The highest BCUT2D eigenvalue weighted by atomic mass is 15.4. The minimum atomic E-state index is 0.721. The highest BCUT2D eigenvalue weighted by Gasteiger charge is 2.07. The molecular formula is C20H24N6. The zero-order chi connectivity index (χ0) is 18.4. The molecule has 1 aliphatic heterocycles. The third kappa shape index (κ3) is 4.29. The van der Waals surface area contributed by atoms with Crippen molar-refractivity contribution >= 4 is 28.1 Å². The summed E-state index contributed by atoms with van der Waals surface area (Å²) in [5, 5.41) is 4.53. The van der Waals surface area contributed by atoms with Crippen LogP contribution in [0.1, 0.15) is 20.8 Å². The Balaban J connectivity index is 1.82. The van der Waals surface area contributed by atoms with E-state index in [0.29, 0.717) is 0 Å². The fourth-order valence-corrected chi connectivity index (χ4v) is 2.56. The maximum Gasteiger partial charge on any atom is 0.151 e. The number of nitrogens with zero attached hydrogens (tertiary/aromatic N) is 2. The van der Waals surface area contributed by atoms with Gasteiger partial charge in [-0.05, 0) is 56.2 Å². The Morgan fingerprint density at radius 3 is 2.85 bits per heavy atom. The van der Waals surface area contributed by atoms with E-state index in [1.165, 1.54) is 5.57 Å². The van der Waals surface area contributed by atoms with E-state index in [1.807, 2.05) is 63.6 Å². The number of hydrogen-bond acceptors (Lipinski definition) is 4. The molecule has 0 unspecified atom stereocenters. The van der Waals surface area contributed by atoms with Crippen molar-refractivity contribution in [3.8, 4) is 0 Å². The number of fused-ring (bicyclic) bond motifs is 1. The number of anilines is 1. The molecule has 1 aliphatic rings. The third-order valence-corrected chi connectivity index (χ3v) is 4.10. The van der Waals surface area contributed by atoms with Gasteiger partial charge in [0.15, 0.2) is 5.84 Å². The topological polar surface area (TPSA) is 76.6 Å². The Bertz CT molecular complexity index is 927. The number of aromatic amines is 1. The molecule has 0 radical (unpaired) electrons. The van der Waals surface area contributed by atoms with Gasteiger partial charge in [0.05, 0.1) is 5.71 Å². The Morgan fingerprint density at radius 2 is 2.08 bits per heavy atom. The van der Waals surface area contributed by atoms with Gasteiger partial charge >= 0.3 is 0 Å². The van der Waals surface area contributed by atoms with Gasteiger partial charge < -0.3 is 15.7 Å². The van der Waals surface area contributed by atoms with Gasteiger partial charge in [0, 0.05) is 47.9 Å². The third-order valence-electron chi connectivity index (χ3n) is 4.10. The molecule has 0 atom stereocenters. The molecule has 0 saturated heterocycles. The number of aromatic nitrogens is 1. The van der Waals surface area contributed by atoms with Crippen LogP contribution in [0, 0.1) is 0 Å². The molecule has 2 aromatic rings. The molecule has 1 aromatic heterocycles. The van der Waals surface area contributed by atoms with Crippen molar-refractivity contribution < 1.29 is 0 Å². The molecule has 3 rings (SSSR count). The maximum absolute atomic E-state index is 4.60. The lowest BCUT2D eigenvalue weighted by atomic mass is 10.1. The van der Waals surface area contributed by atoms with Gasteiger partial charge in [0.1, 0.15) is 0 Å². The Kier molecular flexibility index (Phi) is 5.66. The fourth-order valence-electron chi connectivity index (χ4n) is 2.56. The summed E-state index contributed by atoms with van der Waals surface area (Å²) in [5.41, 5.74) is 11.3. The summed E-state index contributed by atoms with van der Waals surface area (Å²) < 4.78 is 0.